The van der Waals surface area contributed by atoms with Gasteiger partial charge in [0.25, 0.3) is 0 Å². The number of aromatic nitrogens is 5. The Morgan fingerprint density at radius 1 is 1.19 bits per heavy atom. The number of fused-ring (bicyclic) bond motifs is 1. The molecule has 0 unspecified atom stereocenters. The van der Waals surface area contributed by atoms with E-state index in [9.17, 15) is 0 Å². The quantitative estimate of drug-likeness (QED) is 0.714. The highest BCUT2D eigenvalue weighted by molar-refractivity contribution is 5.79. The van der Waals surface area contributed by atoms with Crippen molar-refractivity contribution in [3.05, 3.63) is 42.1 Å². The molecule has 1 aliphatic heterocycles. The highest BCUT2D eigenvalue weighted by atomic mass is 15.3. The fourth-order valence-electron chi connectivity index (χ4n) is 2.87. The molecule has 0 radical (unpaired) electrons. The van der Waals surface area contributed by atoms with Crippen LogP contribution >= 0.6 is 0 Å². The van der Waals surface area contributed by atoms with Gasteiger partial charge in [-0.3, -0.25) is 4.68 Å². The van der Waals surface area contributed by atoms with Crippen molar-refractivity contribution >= 4 is 16.9 Å². The molecule has 3 aromatic heterocycles. The summed E-state index contributed by atoms with van der Waals surface area (Å²) < 4.78 is 1.86. The largest absolute Gasteiger partial charge is 0.355 e. The maximum Gasteiger partial charge on any atom is 0.157 e. The molecule has 0 aliphatic carbocycles. The van der Waals surface area contributed by atoms with Crippen LogP contribution in [0.5, 0.6) is 0 Å². The first-order chi connectivity index (χ1) is 10.2. The summed E-state index contributed by atoms with van der Waals surface area (Å²) in [6.07, 6.45) is 3.43. The summed E-state index contributed by atoms with van der Waals surface area (Å²) in [4.78, 5) is 15.1. The zero-order valence-electron chi connectivity index (χ0n) is 12.1. The van der Waals surface area contributed by atoms with Gasteiger partial charge in [-0.25, -0.2) is 15.0 Å². The average molecular weight is 280 g/mol. The van der Waals surface area contributed by atoms with E-state index in [4.69, 9.17) is 0 Å². The first kappa shape index (κ1) is 12.3. The number of pyridine rings is 1. The van der Waals surface area contributed by atoms with Gasteiger partial charge in [0, 0.05) is 49.4 Å². The molecule has 1 aliphatic rings. The lowest BCUT2D eigenvalue weighted by molar-refractivity contribution is 0.504. The van der Waals surface area contributed by atoms with Gasteiger partial charge >= 0.3 is 0 Å². The molecule has 0 N–H and O–H groups in total. The van der Waals surface area contributed by atoms with Crippen LogP contribution in [0.3, 0.4) is 0 Å². The summed E-state index contributed by atoms with van der Waals surface area (Å²) >= 11 is 0. The van der Waals surface area contributed by atoms with Gasteiger partial charge in [0.2, 0.25) is 0 Å². The Balaban J connectivity index is 1.60. The van der Waals surface area contributed by atoms with Crippen molar-refractivity contribution in [1.29, 1.82) is 0 Å². The van der Waals surface area contributed by atoms with Crippen molar-refractivity contribution in [3.63, 3.8) is 0 Å². The van der Waals surface area contributed by atoms with Crippen LogP contribution in [0.1, 0.15) is 17.3 Å². The summed E-state index contributed by atoms with van der Waals surface area (Å²) in [6.45, 7) is 3.87. The van der Waals surface area contributed by atoms with E-state index in [0.717, 1.165) is 41.3 Å². The molecule has 4 rings (SSSR count). The van der Waals surface area contributed by atoms with E-state index in [1.54, 1.807) is 6.33 Å². The first-order valence-corrected chi connectivity index (χ1v) is 7.03. The number of aryl methyl sites for hydroxylation is 2. The molecule has 0 atom stereocenters. The molecular weight excluding hydrogens is 264 g/mol. The average Bonchev–Trinajstić information content (AvgIpc) is 2.76. The Bertz CT molecular complexity index is 803. The number of anilines is 1. The maximum absolute atomic E-state index is 4.65. The van der Waals surface area contributed by atoms with E-state index in [0.29, 0.717) is 5.92 Å². The minimum Gasteiger partial charge on any atom is -0.355 e. The van der Waals surface area contributed by atoms with Gasteiger partial charge in [-0.05, 0) is 19.1 Å². The molecule has 0 saturated carbocycles. The van der Waals surface area contributed by atoms with E-state index >= 15 is 0 Å². The molecule has 4 heterocycles. The van der Waals surface area contributed by atoms with Crippen LogP contribution in [0.4, 0.5) is 5.82 Å². The van der Waals surface area contributed by atoms with E-state index < -0.39 is 0 Å². The van der Waals surface area contributed by atoms with Crippen LogP contribution in [-0.4, -0.2) is 37.8 Å². The Morgan fingerprint density at radius 3 is 2.86 bits per heavy atom. The van der Waals surface area contributed by atoms with Crippen molar-refractivity contribution in [2.24, 2.45) is 7.05 Å². The van der Waals surface area contributed by atoms with Gasteiger partial charge in [0.1, 0.15) is 12.1 Å². The maximum atomic E-state index is 4.65. The van der Waals surface area contributed by atoms with Crippen molar-refractivity contribution in [2.45, 2.75) is 12.8 Å². The van der Waals surface area contributed by atoms with E-state index in [2.05, 4.69) is 31.0 Å². The van der Waals surface area contributed by atoms with Gasteiger partial charge in [-0.2, -0.15) is 5.10 Å². The standard InChI is InChI=1S/C15H16N6/c1-10-6-13(18-9-17-10)21-7-11(8-21)14-12-4-3-5-16-15(12)20(2)19-14/h3-6,9,11H,7-8H2,1-2H3. The fourth-order valence-corrected chi connectivity index (χ4v) is 2.87. The zero-order valence-corrected chi connectivity index (χ0v) is 12.1. The molecule has 6 nitrogen and oxygen atoms in total. The molecule has 106 valence electrons. The molecule has 0 spiro atoms. The van der Waals surface area contributed by atoms with E-state index in [-0.39, 0.29) is 0 Å². The van der Waals surface area contributed by atoms with E-state index in [1.165, 1.54) is 0 Å². The SMILES string of the molecule is Cc1cc(N2CC(c3nn(C)c4ncccc34)C2)ncn1. The van der Waals surface area contributed by atoms with Gasteiger partial charge in [0.05, 0.1) is 5.69 Å². The van der Waals surface area contributed by atoms with Gasteiger partial charge in [-0.1, -0.05) is 0 Å². The van der Waals surface area contributed by atoms with Crippen LogP contribution in [-0.2, 0) is 7.05 Å². The zero-order chi connectivity index (χ0) is 14.4. The Labute approximate surface area is 122 Å². The second-order valence-corrected chi connectivity index (χ2v) is 5.50. The number of nitrogens with zero attached hydrogens (tertiary/aromatic N) is 6. The minimum absolute atomic E-state index is 0.438. The van der Waals surface area contributed by atoms with Gasteiger partial charge in [-0.15, -0.1) is 0 Å². The second-order valence-electron chi connectivity index (χ2n) is 5.50. The van der Waals surface area contributed by atoms with Gasteiger partial charge < -0.3 is 4.90 Å². The fraction of sp³-hybridized carbons (Fsp3) is 0.333. The number of hydrogen-bond donors (Lipinski definition) is 0. The highest BCUT2D eigenvalue weighted by Crippen LogP contribution is 2.33. The van der Waals surface area contributed by atoms with Crippen molar-refractivity contribution in [1.82, 2.24) is 24.7 Å². The molecule has 3 aromatic rings. The first-order valence-electron chi connectivity index (χ1n) is 7.03. The Kier molecular flexibility index (Phi) is 2.63. The molecule has 1 saturated heterocycles. The van der Waals surface area contributed by atoms with E-state index in [1.807, 2.05) is 37.0 Å². The minimum atomic E-state index is 0.438. The Hall–Kier alpha value is -2.50. The topological polar surface area (TPSA) is 59.7 Å². The van der Waals surface area contributed by atoms with Gasteiger partial charge in [0.15, 0.2) is 5.65 Å². The number of hydrogen-bond acceptors (Lipinski definition) is 5. The van der Waals surface area contributed by atoms with Crippen LogP contribution in [0, 0.1) is 6.92 Å². The second kappa shape index (κ2) is 4.51. The lowest BCUT2D eigenvalue weighted by Gasteiger charge is -2.39. The molecular formula is C15H16N6. The third-order valence-electron chi connectivity index (χ3n) is 4.01. The molecule has 6 heteroatoms. The molecule has 0 bridgehead atoms. The van der Waals surface area contributed by atoms with Crippen molar-refractivity contribution < 1.29 is 0 Å². The molecule has 0 aromatic carbocycles. The predicted octanol–water partition coefficient (Wildman–Crippen LogP) is 1.67. The molecule has 21 heavy (non-hydrogen) atoms. The lowest BCUT2D eigenvalue weighted by atomic mass is 9.94. The highest BCUT2D eigenvalue weighted by Gasteiger charge is 2.32. The Morgan fingerprint density at radius 2 is 2.05 bits per heavy atom. The lowest BCUT2D eigenvalue weighted by Crippen LogP contribution is -2.45. The third kappa shape index (κ3) is 1.94. The summed E-state index contributed by atoms with van der Waals surface area (Å²) in [5.41, 5.74) is 3.09. The predicted molar refractivity (Wildman–Crippen MR) is 80.2 cm³/mol. The third-order valence-corrected chi connectivity index (χ3v) is 4.01. The van der Waals surface area contributed by atoms with Crippen LogP contribution < -0.4 is 4.90 Å². The van der Waals surface area contributed by atoms with Crippen LogP contribution in [0.25, 0.3) is 11.0 Å². The summed E-state index contributed by atoms with van der Waals surface area (Å²) in [7, 11) is 1.95. The normalized spacial score (nSPS) is 15.4. The van der Waals surface area contributed by atoms with Crippen molar-refractivity contribution in [2.75, 3.05) is 18.0 Å². The molecule has 1 fully saturated rings. The smallest absolute Gasteiger partial charge is 0.157 e. The summed E-state index contributed by atoms with van der Waals surface area (Å²) in [5.74, 6) is 1.44. The molecule has 0 amide bonds. The monoisotopic (exact) mass is 280 g/mol. The number of rotatable bonds is 2. The van der Waals surface area contributed by atoms with Crippen molar-refractivity contribution in [3.8, 4) is 0 Å². The summed E-state index contributed by atoms with van der Waals surface area (Å²) in [6, 6.07) is 6.09. The summed E-state index contributed by atoms with van der Waals surface area (Å²) in [5, 5.41) is 5.81. The van der Waals surface area contributed by atoms with Crippen LogP contribution in [0.15, 0.2) is 30.7 Å². The van der Waals surface area contributed by atoms with Crippen LogP contribution in [0.2, 0.25) is 0 Å².